The largest absolute Gasteiger partial charge is 0.360 e. The molecule has 110 valence electrons. The van der Waals surface area contributed by atoms with Crippen LogP contribution < -0.4 is 10.6 Å². The highest BCUT2D eigenvalue weighted by molar-refractivity contribution is 6.03. The second-order valence-corrected chi connectivity index (χ2v) is 4.56. The van der Waals surface area contributed by atoms with Crippen LogP contribution in [0, 0.1) is 6.92 Å². The Morgan fingerprint density at radius 3 is 2.64 bits per heavy atom. The summed E-state index contributed by atoms with van der Waals surface area (Å²) in [6, 6.07) is 12.4. The number of benzene rings is 1. The number of nitrogens with zero attached hydrogens (tertiary/aromatic N) is 3. The summed E-state index contributed by atoms with van der Waals surface area (Å²) in [5.41, 5.74) is 0.953. The van der Waals surface area contributed by atoms with Gasteiger partial charge in [0.15, 0.2) is 5.82 Å². The molecule has 0 saturated heterocycles. The Hall–Kier alpha value is -3.22. The first-order chi connectivity index (χ1) is 10.7. The van der Waals surface area contributed by atoms with E-state index in [1.165, 1.54) is 6.33 Å². The quantitative estimate of drug-likeness (QED) is 0.768. The van der Waals surface area contributed by atoms with E-state index in [1.807, 2.05) is 18.2 Å². The van der Waals surface area contributed by atoms with Gasteiger partial charge in [0.1, 0.15) is 23.6 Å². The number of carbonyl (C=O) groups excluding carboxylic acids is 1. The molecule has 7 nitrogen and oxygen atoms in total. The first-order valence-corrected chi connectivity index (χ1v) is 6.59. The lowest BCUT2D eigenvalue weighted by Gasteiger charge is -2.05. The van der Waals surface area contributed by atoms with E-state index in [4.69, 9.17) is 4.52 Å². The molecule has 2 aromatic heterocycles. The zero-order chi connectivity index (χ0) is 15.4. The van der Waals surface area contributed by atoms with E-state index in [9.17, 15) is 4.79 Å². The summed E-state index contributed by atoms with van der Waals surface area (Å²) in [5, 5.41) is 9.52. The van der Waals surface area contributed by atoms with Crippen LogP contribution in [-0.2, 0) is 0 Å². The smallest absolute Gasteiger partial charge is 0.274 e. The van der Waals surface area contributed by atoms with Gasteiger partial charge in [-0.1, -0.05) is 23.4 Å². The van der Waals surface area contributed by atoms with Crippen molar-refractivity contribution >= 4 is 23.2 Å². The Morgan fingerprint density at radius 2 is 1.91 bits per heavy atom. The average molecular weight is 295 g/mol. The molecule has 0 fully saturated rings. The molecule has 0 spiro atoms. The summed E-state index contributed by atoms with van der Waals surface area (Å²) in [6.07, 6.45) is 1.31. The zero-order valence-electron chi connectivity index (χ0n) is 11.8. The van der Waals surface area contributed by atoms with Crippen molar-refractivity contribution in [3.63, 3.8) is 0 Å². The van der Waals surface area contributed by atoms with Gasteiger partial charge in [-0.2, -0.15) is 0 Å². The van der Waals surface area contributed by atoms with Crippen molar-refractivity contribution in [1.29, 1.82) is 0 Å². The molecule has 22 heavy (non-hydrogen) atoms. The van der Waals surface area contributed by atoms with Crippen LogP contribution in [0.25, 0.3) is 0 Å². The molecule has 2 N–H and O–H groups in total. The summed E-state index contributed by atoms with van der Waals surface area (Å²) in [5.74, 6) is 1.35. The second-order valence-electron chi connectivity index (χ2n) is 4.56. The Bertz CT molecular complexity index is 785. The number of hydrogen-bond donors (Lipinski definition) is 2. The van der Waals surface area contributed by atoms with Gasteiger partial charge in [0.2, 0.25) is 0 Å². The minimum absolute atomic E-state index is 0.251. The molecular weight excluding hydrogens is 282 g/mol. The molecule has 0 saturated carbocycles. The molecule has 2 heterocycles. The second kappa shape index (κ2) is 6.04. The summed E-state index contributed by atoms with van der Waals surface area (Å²) in [4.78, 5) is 20.2. The maximum atomic E-state index is 12.2. The fourth-order valence-corrected chi connectivity index (χ4v) is 1.82. The fourth-order valence-electron chi connectivity index (χ4n) is 1.82. The van der Waals surface area contributed by atoms with Gasteiger partial charge in [0.25, 0.3) is 5.91 Å². The number of carbonyl (C=O) groups is 1. The Labute approximate surface area is 126 Å². The molecule has 0 bridgehead atoms. The number of anilines is 3. The van der Waals surface area contributed by atoms with Gasteiger partial charge in [0.05, 0.1) is 0 Å². The third kappa shape index (κ3) is 3.26. The van der Waals surface area contributed by atoms with Crippen LogP contribution in [0.4, 0.5) is 17.3 Å². The molecule has 0 aliphatic carbocycles. The van der Waals surface area contributed by atoms with Crippen LogP contribution in [-0.4, -0.2) is 21.0 Å². The molecule has 0 aliphatic rings. The van der Waals surface area contributed by atoms with Crippen LogP contribution in [0.2, 0.25) is 0 Å². The standard InChI is InChI=1S/C15H13N5O2/c1-10-7-14(20-22-10)19-13-8-12(16-9-17-13)15(21)18-11-5-3-2-4-6-11/h2-9H,1H3,(H,18,21)(H,16,17,19,20). The summed E-state index contributed by atoms with van der Waals surface area (Å²) in [6.45, 7) is 1.79. The van der Waals surface area contributed by atoms with E-state index < -0.39 is 0 Å². The van der Waals surface area contributed by atoms with Gasteiger partial charge in [-0.05, 0) is 19.1 Å². The van der Waals surface area contributed by atoms with Crippen molar-refractivity contribution in [2.75, 3.05) is 10.6 Å². The minimum Gasteiger partial charge on any atom is -0.360 e. The van der Waals surface area contributed by atoms with E-state index in [2.05, 4.69) is 25.8 Å². The van der Waals surface area contributed by atoms with Crippen LogP contribution in [0.15, 0.2) is 53.3 Å². The highest BCUT2D eigenvalue weighted by Gasteiger charge is 2.10. The summed E-state index contributed by atoms with van der Waals surface area (Å²) in [7, 11) is 0. The van der Waals surface area contributed by atoms with Gasteiger partial charge < -0.3 is 15.2 Å². The molecule has 0 atom stereocenters. The van der Waals surface area contributed by atoms with E-state index in [0.717, 1.165) is 0 Å². The minimum atomic E-state index is -0.312. The van der Waals surface area contributed by atoms with E-state index >= 15 is 0 Å². The van der Waals surface area contributed by atoms with Gasteiger partial charge in [-0.3, -0.25) is 4.79 Å². The van der Waals surface area contributed by atoms with Gasteiger partial charge in [-0.25, -0.2) is 9.97 Å². The average Bonchev–Trinajstić information content (AvgIpc) is 2.93. The van der Waals surface area contributed by atoms with Crippen molar-refractivity contribution in [1.82, 2.24) is 15.1 Å². The number of hydrogen-bond acceptors (Lipinski definition) is 6. The number of nitrogens with one attached hydrogen (secondary N) is 2. The molecule has 1 amide bonds. The van der Waals surface area contributed by atoms with Crippen molar-refractivity contribution < 1.29 is 9.32 Å². The maximum Gasteiger partial charge on any atom is 0.274 e. The lowest BCUT2D eigenvalue weighted by atomic mass is 10.3. The van der Waals surface area contributed by atoms with E-state index in [1.54, 1.807) is 31.2 Å². The topological polar surface area (TPSA) is 92.9 Å². The van der Waals surface area contributed by atoms with Crippen LogP contribution in [0.1, 0.15) is 16.2 Å². The lowest BCUT2D eigenvalue weighted by Crippen LogP contribution is -2.14. The molecule has 3 aromatic rings. The number of aromatic nitrogens is 3. The monoisotopic (exact) mass is 295 g/mol. The third-order valence-electron chi connectivity index (χ3n) is 2.82. The molecule has 0 radical (unpaired) electrons. The summed E-state index contributed by atoms with van der Waals surface area (Å²) < 4.78 is 4.96. The van der Waals surface area contributed by atoms with Crippen molar-refractivity contribution in [3.05, 3.63) is 60.2 Å². The SMILES string of the molecule is Cc1cc(Nc2cc(C(=O)Nc3ccccc3)ncn2)no1. The highest BCUT2D eigenvalue weighted by Crippen LogP contribution is 2.15. The zero-order valence-corrected chi connectivity index (χ0v) is 11.8. The lowest BCUT2D eigenvalue weighted by molar-refractivity contribution is 0.102. The van der Waals surface area contributed by atoms with Crippen LogP contribution in [0.3, 0.4) is 0 Å². The predicted octanol–water partition coefficient (Wildman–Crippen LogP) is 2.77. The van der Waals surface area contributed by atoms with E-state index in [0.29, 0.717) is 23.1 Å². The predicted molar refractivity (Wildman–Crippen MR) is 80.9 cm³/mol. The first-order valence-electron chi connectivity index (χ1n) is 6.59. The van der Waals surface area contributed by atoms with Crippen LogP contribution >= 0.6 is 0 Å². The highest BCUT2D eigenvalue weighted by atomic mass is 16.5. The van der Waals surface area contributed by atoms with Gasteiger partial charge in [0, 0.05) is 17.8 Å². The van der Waals surface area contributed by atoms with Crippen molar-refractivity contribution in [2.45, 2.75) is 6.92 Å². The maximum absolute atomic E-state index is 12.2. The number of para-hydroxylation sites is 1. The number of aryl methyl sites for hydroxylation is 1. The van der Waals surface area contributed by atoms with Gasteiger partial charge >= 0.3 is 0 Å². The van der Waals surface area contributed by atoms with Crippen LogP contribution in [0.5, 0.6) is 0 Å². The Morgan fingerprint density at radius 1 is 1.09 bits per heavy atom. The van der Waals surface area contributed by atoms with E-state index in [-0.39, 0.29) is 11.6 Å². The molecule has 0 aliphatic heterocycles. The van der Waals surface area contributed by atoms with Crippen molar-refractivity contribution in [3.8, 4) is 0 Å². The molecular formula is C15H13N5O2. The summed E-state index contributed by atoms with van der Waals surface area (Å²) >= 11 is 0. The number of rotatable bonds is 4. The number of amides is 1. The molecule has 0 unspecified atom stereocenters. The molecule has 3 rings (SSSR count). The first kappa shape index (κ1) is 13.7. The van der Waals surface area contributed by atoms with Crippen molar-refractivity contribution in [2.24, 2.45) is 0 Å². The Kier molecular flexibility index (Phi) is 3.78. The normalized spacial score (nSPS) is 10.2. The Balaban J connectivity index is 1.74. The fraction of sp³-hybridized carbons (Fsp3) is 0.0667. The molecule has 1 aromatic carbocycles. The third-order valence-corrected chi connectivity index (χ3v) is 2.82. The molecule has 7 heteroatoms. The van der Waals surface area contributed by atoms with Gasteiger partial charge in [-0.15, -0.1) is 0 Å².